The molecular formula is C22H21N3O2. The molecule has 1 aliphatic rings. The number of nitrogens with zero attached hydrogens (tertiary/aromatic N) is 2. The summed E-state index contributed by atoms with van der Waals surface area (Å²) < 4.78 is 0. The molecule has 1 aromatic heterocycles. The van der Waals surface area contributed by atoms with Gasteiger partial charge in [0.1, 0.15) is 5.82 Å². The molecule has 136 valence electrons. The second-order valence-corrected chi connectivity index (χ2v) is 6.76. The van der Waals surface area contributed by atoms with Crippen molar-refractivity contribution in [2.24, 2.45) is 0 Å². The van der Waals surface area contributed by atoms with Crippen LogP contribution in [0.4, 0.5) is 0 Å². The number of carbonyl (C=O) groups is 1. The number of nitrogens with one attached hydrogen (secondary N) is 1. The maximum Gasteiger partial charge on any atom is 0.256 e. The molecule has 0 aliphatic carbocycles. The largest absolute Gasteiger partial charge is 0.338 e. The first-order valence-corrected chi connectivity index (χ1v) is 9.20. The average Bonchev–Trinajstić information content (AvgIpc) is 2.73. The highest BCUT2D eigenvalue weighted by Crippen LogP contribution is 2.19. The fourth-order valence-corrected chi connectivity index (χ4v) is 3.42. The third-order valence-electron chi connectivity index (χ3n) is 4.94. The van der Waals surface area contributed by atoms with Crippen LogP contribution in [-0.2, 0) is 24.2 Å². The summed E-state index contributed by atoms with van der Waals surface area (Å²) in [5, 5.41) is 0. The van der Waals surface area contributed by atoms with Gasteiger partial charge in [0.25, 0.3) is 5.56 Å². The molecule has 0 atom stereocenters. The summed E-state index contributed by atoms with van der Waals surface area (Å²) >= 11 is 0. The zero-order chi connectivity index (χ0) is 18.6. The zero-order valence-electron chi connectivity index (χ0n) is 15.0. The quantitative estimate of drug-likeness (QED) is 0.779. The lowest BCUT2D eigenvalue weighted by Gasteiger charge is -2.28. The number of aromatic amines is 1. The third-order valence-corrected chi connectivity index (χ3v) is 4.94. The molecule has 2 heterocycles. The molecule has 5 heteroatoms. The van der Waals surface area contributed by atoms with E-state index < -0.39 is 0 Å². The molecule has 0 bridgehead atoms. The van der Waals surface area contributed by atoms with E-state index >= 15 is 0 Å². The Hall–Kier alpha value is -3.21. The Morgan fingerprint density at radius 2 is 1.74 bits per heavy atom. The molecule has 0 saturated heterocycles. The SMILES string of the molecule is O=C(CCc1ccccc1)N1CCc2nc(-c3ccccc3)[nH]c(=O)c2C1. The first-order chi connectivity index (χ1) is 13.2. The number of hydrogen-bond acceptors (Lipinski definition) is 3. The minimum absolute atomic E-state index is 0.0797. The van der Waals surface area contributed by atoms with Crippen molar-refractivity contribution in [1.29, 1.82) is 0 Å². The Kier molecular flexibility index (Phi) is 4.83. The first-order valence-electron chi connectivity index (χ1n) is 9.20. The molecule has 0 fully saturated rings. The summed E-state index contributed by atoms with van der Waals surface area (Å²) in [4.78, 5) is 34.4. The van der Waals surface area contributed by atoms with Gasteiger partial charge in [-0.1, -0.05) is 60.7 Å². The molecule has 5 nitrogen and oxygen atoms in total. The number of rotatable bonds is 4. The van der Waals surface area contributed by atoms with E-state index in [9.17, 15) is 9.59 Å². The van der Waals surface area contributed by atoms with Gasteiger partial charge in [0.15, 0.2) is 0 Å². The van der Waals surface area contributed by atoms with E-state index in [-0.39, 0.29) is 11.5 Å². The molecule has 4 rings (SSSR count). The van der Waals surface area contributed by atoms with E-state index in [0.29, 0.717) is 43.7 Å². The van der Waals surface area contributed by atoms with E-state index in [4.69, 9.17) is 0 Å². The second-order valence-electron chi connectivity index (χ2n) is 6.76. The van der Waals surface area contributed by atoms with Gasteiger partial charge in [-0.3, -0.25) is 9.59 Å². The van der Waals surface area contributed by atoms with Crippen LogP contribution in [0, 0.1) is 0 Å². The molecule has 0 unspecified atom stereocenters. The zero-order valence-corrected chi connectivity index (χ0v) is 15.0. The van der Waals surface area contributed by atoms with Crippen LogP contribution in [0.5, 0.6) is 0 Å². The molecular weight excluding hydrogens is 338 g/mol. The lowest BCUT2D eigenvalue weighted by Crippen LogP contribution is -2.39. The van der Waals surface area contributed by atoms with Crippen molar-refractivity contribution in [2.45, 2.75) is 25.8 Å². The van der Waals surface area contributed by atoms with E-state index in [1.807, 2.05) is 60.7 Å². The van der Waals surface area contributed by atoms with Crippen molar-refractivity contribution < 1.29 is 4.79 Å². The number of benzene rings is 2. The number of amides is 1. The van der Waals surface area contributed by atoms with Crippen LogP contribution in [0.3, 0.4) is 0 Å². The van der Waals surface area contributed by atoms with Gasteiger partial charge in [-0.15, -0.1) is 0 Å². The van der Waals surface area contributed by atoms with Gasteiger partial charge < -0.3 is 9.88 Å². The fourth-order valence-electron chi connectivity index (χ4n) is 3.42. The number of fused-ring (bicyclic) bond motifs is 1. The number of hydrogen-bond donors (Lipinski definition) is 1. The summed E-state index contributed by atoms with van der Waals surface area (Å²) in [6, 6.07) is 19.6. The van der Waals surface area contributed by atoms with E-state index in [2.05, 4.69) is 9.97 Å². The van der Waals surface area contributed by atoms with Crippen molar-refractivity contribution in [3.8, 4) is 11.4 Å². The summed E-state index contributed by atoms with van der Waals surface area (Å²) in [5.74, 6) is 0.666. The van der Waals surface area contributed by atoms with Crippen molar-refractivity contribution in [3.05, 3.63) is 87.8 Å². The predicted octanol–water partition coefficient (Wildman–Crippen LogP) is 2.95. The molecule has 1 N–H and O–H groups in total. The van der Waals surface area contributed by atoms with Crippen molar-refractivity contribution >= 4 is 5.91 Å². The van der Waals surface area contributed by atoms with Gasteiger partial charge in [0.05, 0.1) is 17.8 Å². The molecule has 2 aromatic carbocycles. The van der Waals surface area contributed by atoms with E-state index in [1.165, 1.54) is 0 Å². The number of aromatic nitrogens is 2. The maximum atomic E-state index is 12.6. The Balaban J connectivity index is 1.48. The average molecular weight is 359 g/mol. The van der Waals surface area contributed by atoms with Crippen molar-refractivity contribution in [1.82, 2.24) is 14.9 Å². The van der Waals surface area contributed by atoms with Gasteiger partial charge in [-0.2, -0.15) is 0 Å². The minimum Gasteiger partial charge on any atom is -0.338 e. The molecule has 1 amide bonds. The normalized spacial score (nSPS) is 13.3. The topological polar surface area (TPSA) is 66.1 Å². The number of aryl methyl sites for hydroxylation is 1. The van der Waals surface area contributed by atoms with Crippen LogP contribution in [0.1, 0.15) is 23.2 Å². The van der Waals surface area contributed by atoms with Crippen LogP contribution in [0.15, 0.2) is 65.5 Å². The van der Waals surface area contributed by atoms with Gasteiger partial charge in [-0.05, 0) is 12.0 Å². The Morgan fingerprint density at radius 3 is 2.48 bits per heavy atom. The highest BCUT2D eigenvalue weighted by molar-refractivity contribution is 5.76. The summed E-state index contributed by atoms with van der Waals surface area (Å²) in [5.41, 5.74) is 3.28. The fraction of sp³-hybridized carbons (Fsp3) is 0.227. The minimum atomic E-state index is -0.153. The van der Waals surface area contributed by atoms with Gasteiger partial charge >= 0.3 is 0 Å². The van der Waals surface area contributed by atoms with Gasteiger partial charge in [0, 0.05) is 24.9 Å². The van der Waals surface area contributed by atoms with Crippen LogP contribution in [0.25, 0.3) is 11.4 Å². The Labute approximate surface area is 157 Å². The molecule has 0 radical (unpaired) electrons. The molecule has 0 spiro atoms. The Bertz CT molecular complexity index is 997. The van der Waals surface area contributed by atoms with E-state index in [1.54, 1.807) is 4.90 Å². The number of carbonyl (C=O) groups excluding carboxylic acids is 1. The third kappa shape index (κ3) is 3.82. The summed E-state index contributed by atoms with van der Waals surface area (Å²) in [7, 11) is 0. The molecule has 3 aromatic rings. The summed E-state index contributed by atoms with van der Waals surface area (Å²) in [6.45, 7) is 0.936. The molecule has 27 heavy (non-hydrogen) atoms. The molecule has 1 aliphatic heterocycles. The van der Waals surface area contributed by atoms with Crippen LogP contribution in [0.2, 0.25) is 0 Å². The van der Waals surface area contributed by atoms with Crippen LogP contribution < -0.4 is 5.56 Å². The smallest absolute Gasteiger partial charge is 0.256 e. The van der Waals surface area contributed by atoms with Crippen LogP contribution in [-0.4, -0.2) is 27.3 Å². The number of H-pyrrole nitrogens is 1. The van der Waals surface area contributed by atoms with Crippen LogP contribution >= 0.6 is 0 Å². The van der Waals surface area contributed by atoms with Gasteiger partial charge in [0.2, 0.25) is 5.91 Å². The molecule has 0 saturated carbocycles. The lowest BCUT2D eigenvalue weighted by atomic mass is 10.0. The highest BCUT2D eigenvalue weighted by Gasteiger charge is 2.24. The van der Waals surface area contributed by atoms with Crippen molar-refractivity contribution in [3.63, 3.8) is 0 Å². The van der Waals surface area contributed by atoms with Gasteiger partial charge in [-0.25, -0.2) is 4.98 Å². The second kappa shape index (κ2) is 7.58. The van der Waals surface area contributed by atoms with E-state index in [0.717, 1.165) is 16.8 Å². The maximum absolute atomic E-state index is 12.6. The predicted molar refractivity (Wildman–Crippen MR) is 104 cm³/mol. The Morgan fingerprint density at radius 1 is 1.04 bits per heavy atom. The highest BCUT2D eigenvalue weighted by atomic mass is 16.2. The monoisotopic (exact) mass is 359 g/mol. The van der Waals surface area contributed by atoms with Crippen molar-refractivity contribution in [2.75, 3.05) is 6.54 Å². The lowest BCUT2D eigenvalue weighted by molar-refractivity contribution is -0.132. The standard InChI is InChI=1S/C22H21N3O2/c26-20(12-11-16-7-3-1-4-8-16)25-14-13-19-18(15-25)22(27)24-21(23-19)17-9-5-2-6-10-17/h1-10H,11-15H2,(H,23,24,27). The first kappa shape index (κ1) is 17.2. The summed E-state index contributed by atoms with van der Waals surface area (Å²) in [6.07, 6.45) is 1.77.